The van der Waals surface area contributed by atoms with Crippen LogP contribution in [0.25, 0.3) is 10.9 Å². The van der Waals surface area contributed by atoms with Gasteiger partial charge in [-0.25, -0.2) is 4.79 Å². The Labute approximate surface area is 147 Å². The summed E-state index contributed by atoms with van der Waals surface area (Å²) in [7, 11) is 1.47. The molecule has 0 aliphatic carbocycles. The van der Waals surface area contributed by atoms with E-state index in [1.165, 1.54) is 11.9 Å². The van der Waals surface area contributed by atoms with Crippen molar-refractivity contribution in [2.75, 3.05) is 13.6 Å². The second kappa shape index (κ2) is 7.31. The van der Waals surface area contributed by atoms with Gasteiger partial charge >= 0.3 is 6.09 Å². The molecule has 0 aliphatic heterocycles. The average Bonchev–Trinajstić information content (AvgIpc) is 2.53. The van der Waals surface area contributed by atoms with Crippen molar-refractivity contribution in [3.8, 4) is 6.07 Å². The number of nitrogens with zero attached hydrogens (tertiary/aromatic N) is 3. The first-order valence-corrected chi connectivity index (χ1v) is 7.93. The van der Waals surface area contributed by atoms with Gasteiger partial charge in [0.05, 0.1) is 23.8 Å². The van der Waals surface area contributed by atoms with Crippen molar-refractivity contribution in [2.24, 2.45) is 0 Å². The molecule has 1 heterocycles. The first-order valence-electron chi connectivity index (χ1n) is 7.93. The molecule has 1 amide bonds. The number of nitriles is 1. The molecule has 0 spiro atoms. The molecule has 2 aromatic rings. The normalized spacial score (nSPS) is 12.3. The lowest BCUT2D eigenvalue weighted by molar-refractivity contribution is -0.120. The number of aromatic nitrogens is 1. The third kappa shape index (κ3) is 4.77. The number of carbonyl (C=O) groups is 2. The maximum atomic E-state index is 12.5. The number of amides is 1. The van der Waals surface area contributed by atoms with E-state index < -0.39 is 23.4 Å². The van der Waals surface area contributed by atoms with E-state index in [1.807, 2.05) is 36.4 Å². The number of pyridine rings is 1. The summed E-state index contributed by atoms with van der Waals surface area (Å²) in [5, 5.41) is 10.3. The lowest BCUT2D eigenvalue weighted by Crippen LogP contribution is -2.38. The van der Waals surface area contributed by atoms with Crippen molar-refractivity contribution in [3.05, 3.63) is 42.1 Å². The molecular weight excluding hydrogens is 318 g/mol. The molecule has 6 heteroatoms. The van der Waals surface area contributed by atoms with E-state index in [2.05, 4.69) is 4.98 Å². The van der Waals surface area contributed by atoms with E-state index in [0.29, 0.717) is 11.2 Å². The largest absolute Gasteiger partial charge is 0.444 e. The second-order valence-electron chi connectivity index (χ2n) is 6.79. The fourth-order valence-corrected chi connectivity index (χ4v) is 2.28. The molecule has 2 rings (SSSR count). The minimum absolute atomic E-state index is 0.221. The summed E-state index contributed by atoms with van der Waals surface area (Å²) in [6.07, 6.45) is -0.607. The Morgan fingerprint density at radius 3 is 2.56 bits per heavy atom. The first kappa shape index (κ1) is 18.4. The molecule has 0 radical (unpaired) electrons. The van der Waals surface area contributed by atoms with Crippen molar-refractivity contribution in [2.45, 2.75) is 32.3 Å². The maximum Gasteiger partial charge on any atom is 0.410 e. The predicted octanol–water partition coefficient (Wildman–Crippen LogP) is 3.28. The van der Waals surface area contributed by atoms with E-state index in [-0.39, 0.29) is 6.54 Å². The number of para-hydroxylation sites is 1. The zero-order chi connectivity index (χ0) is 18.6. The highest BCUT2D eigenvalue weighted by Gasteiger charge is 2.26. The van der Waals surface area contributed by atoms with Crippen LogP contribution in [0, 0.1) is 11.3 Å². The molecule has 0 saturated carbocycles. The van der Waals surface area contributed by atoms with Gasteiger partial charge < -0.3 is 9.64 Å². The second-order valence-corrected chi connectivity index (χ2v) is 6.79. The van der Waals surface area contributed by atoms with Crippen molar-refractivity contribution < 1.29 is 14.3 Å². The minimum atomic E-state index is -1.03. The van der Waals surface area contributed by atoms with E-state index in [9.17, 15) is 14.9 Å². The van der Waals surface area contributed by atoms with Crippen LogP contribution in [-0.4, -0.2) is 41.0 Å². The van der Waals surface area contributed by atoms with E-state index in [4.69, 9.17) is 4.74 Å². The number of hydrogen-bond donors (Lipinski definition) is 0. The van der Waals surface area contributed by atoms with Gasteiger partial charge in [-0.3, -0.25) is 9.78 Å². The van der Waals surface area contributed by atoms with Crippen LogP contribution >= 0.6 is 0 Å². The first-order chi connectivity index (χ1) is 11.7. The number of hydrogen-bond acceptors (Lipinski definition) is 5. The SMILES string of the molecule is CN(CC(=O)C(C#N)c1ccc2ccccc2n1)C(=O)OC(C)(C)C. The van der Waals surface area contributed by atoms with Gasteiger partial charge in [0.2, 0.25) is 0 Å². The Morgan fingerprint density at radius 2 is 1.92 bits per heavy atom. The molecule has 1 aromatic carbocycles. The van der Waals surface area contributed by atoms with Gasteiger partial charge in [-0.15, -0.1) is 0 Å². The summed E-state index contributed by atoms with van der Waals surface area (Å²) in [4.78, 5) is 30.0. The average molecular weight is 339 g/mol. The summed E-state index contributed by atoms with van der Waals surface area (Å²) < 4.78 is 5.21. The fourth-order valence-electron chi connectivity index (χ4n) is 2.28. The van der Waals surface area contributed by atoms with Gasteiger partial charge in [0.25, 0.3) is 0 Å². The number of benzene rings is 1. The Bertz CT molecular complexity index is 834. The van der Waals surface area contributed by atoms with Crippen LogP contribution in [0.15, 0.2) is 36.4 Å². The molecule has 0 fully saturated rings. The van der Waals surface area contributed by atoms with Gasteiger partial charge in [-0.05, 0) is 32.9 Å². The summed E-state index contributed by atoms with van der Waals surface area (Å²) in [5.74, 6) is -1.44. The topological polar surface area (TPSA) is 83.3 Å². The maximum absolute atomic E-state index is 12.5. The molecule has 0 saturated heterocycles. The lowest BCUT2D eigenvalue weighted by atomic mass is 10.00. The molecule has 130 valence electrons. The number of Topliss-reactive ketones (excluding diaryl/α,β-unsaturated/α-hetero) is 1. The van der Waals surface area contributed by atoms with Crippen LogP contribution < -0.4 is 0 Å². The molecule has 0 bridgehead atoms. The predicted molar refractivity (Wildman–Crippen MR) is 94.0 cm³/mol. The van der Waals surface area contributed by atoms with Gasteiger partial charge in [0.15, 0.2) is 5.78 Å². The number of carbonyl (C=O) groups excluding carboxylic acids is 2. The van der Waals surface area contributed by atoms with Crippen LogP contribution in [0.2, 0.25) is 0 Å². The molecule has 0 aliphatic rings. The Kier molecular flexibility index (Phi) is 5.38. The van der Waals surface area contributed by atoms with Gasteiger partial charge in [0.1, 0.15) is 11.5 Å². The van der Waals surface area contributed by atoms with Crippen molar-refractivity contribution in [3.63, 3.8) is 0 Å². The molecule has 0 N–H and O–H groups in total. The molecule has 1 aromatic heterocycles. The minimum Gasteiger partial charge on any atom is -0.444 e. The summed E-state index contributed by atoms with van der Waals surface area (Å²) >= 11 is 0. The molecule has 6 nitrogen and oxygen atoms in total. The fraction of sp³-hybridized carbons (Fsp3) is 0.368. The molecule has 25 heavy (non-hydrogen) atoms. The number of fused-ring (bicyclic) bond motifs is 1. The van der Waals surface area contributed by atoms with Crippen LogP contribution in [-0.2, 0) is 9.53 Å². The molecule has 1 unspecified atom stereocenters. The summed E-state index contributed by atoms with van der Waals surface area (Å²) in [6, 6.07) is 13.0. The molecular formula is C19H21N3O3. The highest BCUT2D eigenvalue weighted by Crippen LogP contribution is 2.19. The van der Waals surface area contributed by atoms with Crippen LogP contribution in [0.5, 0.6) is 0 Å². The van der Waals surface area contributed by atoms with Crippen molar-refractivity contribution in [1.82, 2.24) is 9.88 Å². The van der Waals surface area contributed by atoms with E-state index >= 15 is 0 Å². The lowest BCUT2D eigenvalue weighted by Gasteiger charge is -2.24. The molecule has 1 atom stereocenters. The third-order valence-corrected chi connectivity index (χ3v) is 3.46. The zero-order valence-corrected chi connectivity index (χ0v) is 14.8. The summed E-state index contributed by atoms with van der Waals surface area (Å²) in [6.45, 7) is 5.02. The van der Waals surface area contributed by atoms with Crippen molar-refractivity contribution in [1.29, 1.82) is 5.26 Å². The van der Waals surface area contributed by atoms with Crippen LogP contribution in [0.3, 0.4) is 0 Å². The summed E-state index contributed by atoms with van der Waals surface area (Å²) in [5.41, 5.74) is 0.445. The highest BCUT2D eigenvalue weighted by atomic mass is 16.6. The van der Waals surface area contributed by atoms with Crippen molar-refractivity contribution >= 4 is 22.8 Å². The van der Waals surface area contributed by atoms with Crippen LogP contribution in [0.1, 0.15) is 32.4 Å². The Balaban J connectivity index is 2.15. The Hall–Kier alpha value is -2.94. The number of ether oxygens (including phenoxy) is 1. The monoisotopic (exact) mass is 339 g/mol. The Morgan fingerprint density at radius 1 is 1.24 bits per heavy atom. The van der Waals surface area contributed by atoms with Gasteiger partial charge in [0, 0.05) is 12.4 Å². The third-order valence-electron chi connectivity index (χ3n) is 3.46. The highest BCUT2D eigenvalue weighted by molar-refractivity contribution is 5.92. The van der Waals surface area contributed by atoms with Crippen LogP contribution in [0.4, 0.5) is 4.79 Å². The number of rotatable bonds is 4. The standard InChI is InChI=1S/C19H21N3O3/c1-19(2,3)25-18(24)22(4)12-17(23)14(11-20)16-10-9-13-7-5-6-8-15(13)21-16/h5-10,14H,12H2,1-4H3. The number of ketones is 1. The van der Waals surface area contributed by atoms with E-state index in [1.54, 1.807) is 26.8 Å². The van der Waals surface area contributed by atoms with Gasteiger partial charge in [-0.1, -0.05) is 24.3 Å². The number of likely N-dealkylation sites (N-methyl/N-ethyl adjacent to an activating group) is 1. The quantitative estimate of drug-likeness (QED) is 0.853. The zero-order valence-electron chi connectivity index (χ0n) is 14.8. The van der Waals surface area contributed by atoms with Gasteiger partial charge in [-0.2, -0.15) is 5.26 Å². The van der Waals surface area contributed by atoms with E-state index in [0.717, 1.165) is 5.39 Å². The smallest absolute Gasteiger partial charge is 0.410 e.